The smallest absolute Gasteiger partial charge is 0.134 e. The van der Waals surface area contributed by atoms with Gasteiger partial charge in [-0.1, -0.05) is 15.9 Å². The van der Waals surface area contributed by atoms with Gasteiger partial charge in [0, 0.05) is 4.47 Å². The van der Waals surface area contributed by atoms with Crippen molar-refractivity contribution in [2.75, 3.05) is 7.11 Å². The van der Waals surface area contributed by atoms with Crippen LogP contribution in [0.4, 0.5) is 0 Å². The Morgan fingerprint density at radius 2 is 2.27 bits per heavy atom. The van der Waals surface area contributed by atoms with Gasteiger partial charge in [0.15, 0.2) is 0 Å². The molecule has 1 rings (SSSR count). The fraction of sp³-hybridized carbons (Fsp3) is 0.143. The van der Waals surface area contributed by atoms with Crippen molar-refractivity contribution >= 4 is 37.6 Å². The van der Waals surface area contributed by atoms with E-state index in [1.807, 2.05) is 18.2 Å². The second kappa shape index (κ2) is 4.24. The van der Waals surface area contributed by atoms with Gasteiger partial charge in [-0.2, -0.15) is 0 Å². The fourth-order valence-corrected chi connectivity index (χ4v) is 1.77. The van der Waals surface area contributed by atoms with Gasteiger partial charge in [-0.05, 0) is 39.9 Å². The lowest BCUT2D eigenvalue weighted by Gasteiger charge is -2.03. The lowest BCUT2D eigenvalue weighted by molar-refractivity contribution is 0.404. The van der Waals surface area contributed by atoms with Crippen LogP contribution in [-0.4, -0.2) is 7.11 Å². The van der Waals surface area contributed by atoms with Gasteiger partial charge in [-0.15, -0.1) is 0 Å². The molecule has 0 fully saturated rings. The van der Waals surface area contributed by atoms with Crippen LogP contribution in [0.15, 0.2) is 27.6 Å². The molecular weight excluding hydrogens is 248 g/mol. The molecule has 1 aromatic rings. The van der Waals surface area contributed by atoms with Crippen molar-refractivity contribution in [3.63, 3.8) is 0 Å². The van der Waals surface area contributed by atoms with E-state index in [-0.39, 0.29) is 0 Å². The van der Waals surface area contributed by atoms with E-state index in [1.54, 1.807) is 7.11 Å². The van der Waals surface area contributed by atoms with Gasteiger partial charge >= 0.3 is 0 Å². The summed E-state index contributed by atoms with van der Waals surface area (Å²) in [6, 6.07) is 5.71. The standard InChI is InChI=1S/C7H6BrClOS/c1-10-6-4-5(8)2-3-7(6)11-9/h2-4H,1H3. The zero-order chi connectivity index (χ0) is 8.27. The molecule has 0 aliphatic carbocycles. The molecule has 0 N–H and O–H groups in total. The molecule has 0 radical (unpaired) electrons. The first-order valence-corrected chi connectivity index (χ1v) is 5.33. The van der Waals surface area contributed by atoms with Crippen LogP contribution in [0.25, 0.3) is 0 Å². The number of halogens is 2. The van der Waals surface area contributed by atoms with E-state index in [2.05, 4.69) is 15.9 Å². The molecule has 0 atom stereocenters. The number of hydrogen-bond acceptors (Lipinski definition) is 2. The summed E-state index contributed by atoms with van der Waals surface area (Å²) in [5, 5.41) is 0. The second-order valence-electron chi connectivity index (χ2n) is 1.87. The van der Waals surface area contributed by atoms with Crippen molar-refractivity contribution < 1.29 is 4.74 Å². The van der Waals surface area contributed by atoms with Crippen LogP contribution in [0.1, 0.15) is 0 Å². The quantitative estimate of drug-likeness (QED) is 0.795. The first kappa shape index (κ1) is 9.23. The molecule has 4 heteroatoms. The summed E-state index contributed by atoms with van der Waals surface area (Å²) in [4.78, 5) is 0.928. The Kier molecular flexibility index (Phi) is 3.55. The molecule has 0 amide bonds. The highest BCUT2D eigenvalue weighted by Gasteiger charge is 2.01. The van der Waals surface area contributed by atoms with E-state index >= 15 is 0 Å². The van der Waals surface area contributed by atoms with Crippen molar-refractivity contribution in [3.05, 3.63) is 22.7 Å². The molecule has 60 valence electrons. The predicted molar refractivity (Wildman–Crippen MR) is 52.4 cm³/mol. The highest BCUT2D eigenvalue weighted by molar-refractivity contribution is 9.10. The Morgan fingerprint density at radius 3 is 2.82 bits per heavy atom. The lowest BCUT2D eigenvalue weighted by Crippen LogP contribution is -1.84. The highest BCUT2D eigenvalue weighted by atomic mass is 79.9. The summed E-state index contributed by atoms with van der Waals surface area (Å²) in [6.07, 6.45) is 0. The van der Waals surface area contributed by atoms with Crippen LogP contribution in [0.2, 0.25) is 0 Å². The number of benzene rings is 1. The summed E-state index contributed by atoms with van der Waals surface area (Å²) in [5.41, 5.74) is 0. The van der Waals surface area contributed by atoms with Gasteiger partial charge in [0.25, 0.3) is 0 Å². The minimum absolute atomic E-state index is 0.791. The SMILES string of the molecule is COc1cc(Br)ccc1SCl. The second-order valence-corrected chi connectivity index (χ2v) is 3.85. The maximum Gasteiger partial charge on any atom is 0.134 e. The third-order valence-electron chi connectivity index (χ3n) is 1.21. The zero-order valence-electron chi connectivity index (χ0n) is 5.80. The first-order chi connectivity index (χ1) is 5.27. The number of methoxy groups -OCH3 is 1. The topological polar surface area (TPSA) is 9.23 Å². The van der Waals surface area contributed by atoms with Crippen LogP contribution in [0.5, 0.6) is 5.75 Å². The van der Waals surface area contributed by atoms with E-state index < -0.39 is 0 Å². The van der Waals surface area contributed by atoms with Crippen molar-refractivity contribution in [1.82, 2.24) is 0 Å². The van der Waals surface area contributed by atoms with Crippen LogP contribution < -0.4 is 4.74 Å². The lowest BCUT2D eigenvalue weighted by atomic mass is 10.3. The van der Waals surface area contributed by atoms with E-state index in [9.17, 15) is 0 Å². The monoisotopic (exact) mass is 252 g/mol. The minimum atomic E-state index is 0.791. The molecule has 11 heavy (non-hydrogen) atoms. The molecule has 1 aromatic carbocycles. The number of ether oxygens (including phenoxy) is 1. The van der Waals surface area contributed by atoms with Crippen molar-refractivity contribution in [3.8, 4) is 5.75 Å². The first-order valence-electron chi connectivity index (χ1n) is 2.90. The molecule has 0 heterocycles. The number of hydrogen-bond donors (Lipinski definition) is 0. The Morgan fingerprint density at radius 1 is 1.55 bits per heavy atom. The van der Waals surface area contributed by atoms with Gasteiger partial charge in [0.2, 0.25) is 0 Å². The van der Waals surface area contributed by atoms with E-state index in [4.69, 9.17) is 15.4 Å². The third-order valence-corrected chi connectivity index (χ3v) is 2.70. The third kappa shape index (κ3) is 2.29. The Balaban J connectivity index is 3.06. The molecule has 0 saturated heterocycles. The zero-order valence-corrected chi connectivity index (χ0v) is 8.96. The molecule has 0 spiro atoms. The molecule has 0 unspecified atom stereocenters. The average Bonchev–Trinajstić information content (AvgIpc) is 2.04. The van der Waals surface area contributed by atoms with Crippen LogP contribution in [-0.2, 0) is 0 Å². The number of rotatable bonds is 2. The van der Waals surface area contributed by atoms with Crippen molar-refractivity contribution in [2.45, 2.75) is 4.90 Å². The van der Waals surface area contributed by atoms with Crippen LogP contribution in [0, 0.1) is 0 Å². The largest absolute Gasteiger partial charge is 0.496 e. The molecule has 0 bridgehead atoms. The maximum atomic E-state index is 5.58. The minimum Gasteiger partial charge on any atom is -0.496 e. The normalized spacial score (nSPS) is 9.73. The van der Waals surface area contributed by atoms with E-state index in [1.165, 1.54) is 0 Å². The fourth-order valence-electron chi connectivity index (χ4n) is 0.705. The Labute approximate surface area is 82.7 Å². The molecule has 0 aliphatic heterocycles. The van der Waals surface area contributed by atoms with Crippen LogP contribution in [0.3, 0.4) is 0 Å². The average molecular weight is 254 g/mol. The van der Waals surface area contributed by atoms with Gasteiger partial charge in [0.05, 0.1) is 12.0 Å². The van der Waals surface area contributed by atoms with Crippen LogP contribution >= 0.6 is 37.6 Å². The van der Waals surface area contributed by atoms with E-state index in [0.717, 1.165) is 26.1 Å². The molecule has 1 nitrogen and oxygen atoms in total. The maximum absolute atomic E-state index is 5.58. The summed E-state index contributed by atoms with van der Waals surface area (Å²) < 4.78 is 6.07. The molecular formula is C7H6BrClOS. The Bertz CT molecular complexity index is 254. The summed E-state index contributed by atoms with van der Waals surface area (Å²) in [6.45, 7) is 0. The van der Waals surface area contributed by atoms with Crippen molar-refractivity contribution in [1.29, 1.82) is 0 Å². The molecule has 0 aliphatic rings. The molecule has 0 saturated carbocycles. The van der Waals surface area contributed by atoms with Gasteiger partial charge < -0.3 is 4.74 Å². The summed E-state index contributed by atoms with van der Waals surface area (Å²) in [7, 11) is 8.36. The summed E-state index contributed by atoms with van der Waals surface area (Å²) in [5.74, 6) is 0.791. The van der Waals surface area contributed by atoms with Gasteiger partial charge in [-0.3, -0.25) is 0 Å². The molecule has 0 aromatic heterocycles. The van der Waals surface area contributed by atoms with Gasteiger partial charge in [0.1, 0.15) is 5.75 Å². The Hall–Kier alpha value is 0.140. The van der Waals surface area contributed by atoms with E-state index in [0.29, 0.717) is 0 Å². The van der Waals surface area contributed by atoms with Crippen molar-refractivity contribution in [2.24, 2.45) is 0 Å². The highest BCUT2D eigenvalue weighted by Crippen LogP contribution is 2.33. The van der Waals surface area contributed by atoms with Gasteiger partial charge in [-0.25, -0.2) is 0 Å². The predicted octanol–water partition coefficient (Wildman–Crippen LogP) is 3.70. The summed E-state index contributed by atoms with van der Waals surface area (Å²) >= 11 is 3.33.